The van der Waals surface area contributed by atoms with Gasteiger partial charge in [0.2, 0.25) is 0 Å². The largest absolute Gasteiger partial charge is 0.372 e. The summed E-state index contributed by atoms with van der Waals surface area (Å²) < 4.78 is 5.91. The zero-order valence-electron chi connectivity index (χ0n) is 11.3. The Morgan fingerprint density at radius 2 is 1.84 bits per heavy atom. The summed E-state index contributed by atoms with van der Waals surface area (Å²) in [4.78, 5) is 2.61. The zero-order chi connectivity index (χ0) is 12.7. The quantitative estimate of drug-likeness (QED) is 0.871. The van der Waals surface area contributed by atoms with E-state index in [9.17, 15) is 0 Å². The second-order valence-electron chi connectivity index (χ2n) is 6.23. The number of hydrogen-bond donors (Lipinski definition) is 1. The third kappa shape index (κ3) is 2.42. The van der Waals surface area contributed by atoms with E-state index in [0.29, 0.717) is 18.2 Å². The molecule has 0 saturated carbocycles. The minimum absolute atomic E-state index is 0.509. The molecule has 0 aliphatic carbocycles. The molecule has 3 heterocycles. The van der Waals surface area contributed by atoms with Crippen LogP contribution in [-0.2, 0) is 17.7 Å². The highest BCUT2D eigenvalue weighted by Crippen LogP contribution is 2.26. The fourth-order valence-corrected chi connectivity index (χ4v) is 3.81. The number of benzene rings is 1. The summed E-state index contributed by atoms with van der Waals surface area (Å²) >= 11 is 0. The molecule has 1 aromatic carbocycles. The Hall–Kier alpha value is -0.900. The number of nitrogens with zero attached hydrogens (tertiary/aromatic N) is 1. The summed E-state index contributed by atoms with van der Waals surface area (Å²) in [5, 5.41) is 3.69. The lowest BCUT2D eigenvalue weighted by Gasteiger charge is -2.36. The average molecular weight is 258 g/mol. The Balaban J connectivity index is 1.39. The van der Waals surface area contributed by atoms with Gasteiger partial charge in [0, 0.05) is 32.2 Å². The lowest BCUT2D eigenvalue weighted by atomic mass is 9.95. The molecule has 2 fully saturated rings. The van der Waals surface area contributed by atoms with E-state index < -0.39 is 0 Å². The van der Waals surface area contributed by atoms with E-state index in [-0.39, 0.29) is 0 Å². The molecule has 3 heteroatoms. The number of fused-ring (bicyclic) bond motifs is 3. The Morgan fingerprint density at radius 3 is 2.63 bits per heavy atom. The molecule has 2 bridgehead atoms. The molecule has 0 amide bonds. The first-order valence-corrected chi connectivity index (χ1v) is 7.55. The van der Waals surface area contributed by atoms with Gasteiger partial charge in [-0.1, -0.05) is 24.3 Å². The molecule has 0 spiro atoms. The molecule has 3 atom stereocenters. The molecule has 3 unspecified atom stereocenters. The summed E-state index contributed by atoms with van der Waals surface area (Å²) in [6.07, 6.45) is 4.72. The van der Waals surface area contributed by atoms with E-state index >= 15 is 0 Å². The Morgan fingerprint density at radius 1 is 1.11 bits per heavy atom. The van der Waals surface area contributed by atoms with Crippen LogP contribution in [0.2, 0.25) is 0 Å². The third-order valence-electron chi connectivity index (χ3n) is 4.76. The number of hydrogen-bond acceptors (Lipinski definition) is 3. The topological polar surface area (TPSA) is 24.5 Å². The maximum Gasteiger partial charge on any atom is 0.0707 e. The monoisotopic (exact) mass is 258 g/mol. The van der Waals surface area contributed by atoms with E-state index in [0.717, 1.165) is 19.6 Å². The highest BCUT2D eigenvalue weighted by atomic mass is 16.5. The number of morpholine rings is 1. The van der Waals surface area contributed by atoms with Gasteiger partial charge in [0.25, 0.3) is 0 Å². The van der Waals surface area contributed by atoms with Crippen molar-refractivity contribution in [3.05, 3.63) is 35.4 Å². The average Bonchev–Trinajstić information content (AvgIpc) is 2.78. The van der Waals surface area contributed by atoms with Crippen molar-refractivity contribution in [2.75, 3.05) is 19.6 Å². The molecule has 3 aliphatic rings. The highest BCUT2D eigenvalue weighted by molar-refractivity contribution is 5.30. The van der Waals surface area contributed by atoms with Gasteiger partial charge in [-0.2, -0.15) is 0 Å². The Kier molecular flexibility index (Phi) is 3.06. The smallest absolute Gasteiger partial charge is 0.0707 e. The predicted octanol–water partition coefficient (Wildman–Crippen LogP) is 1.56. The van der Waals surface area contributed by atoms with Crippen molar-refractivity contribution >= 4 is 0 Å². The number of rotatable bonds is 2. The van der Waals surface area contributed by atoms with Crippen molar-refractivity contribution < 1.29 is 4.74 Å². The summed E-state index contributed by atoms with van der Waals surface area (Å²) in [7, 11) is 0. The first-order valence-electron chi connectivity index (χ1n) is 7.55. The number of nitrogens with one attached hydrogen (secondary N) is 1. The van der Waals surface area contributed by atoms with Crippen LogP contribution in [0, 0.1) is 0 Å². The molecule has 0 aromatic heterocycles. The lowest BCUT2D eigenvalue weighted by Crippen LogP contribution is -2.50. The molecule has 0 radical (unpaired) electrons. The fraction of sp³-hybridized carbons (Fsp3) is 0.625. The Labute approximate surface area is 114 Å². The second-order valence-corrected chi connectivity index (χ2v) is 6.23. The molecular formula is C16H22N2O. The lowest BCUT2D eigenvalue weighted by molar-refractivity contribution is -0.0408. The maximum absolute atomic E-state index is 5.91. The second kappa shape index (κ2) is 4.89. The van der Waals surface area contributed by atoms with Crippen molar-refractivity contribution in [3.8, 4) is 0 Å². The van der Waals surface area contributed by atoms with Crippen molar-refractivity contribution in [2.24, 2.45) is 0 Å². The number of likely N-dealkylation sites (tertiary alicyclic amines) is 1. The van der Waals surface area contributed by atoms with Crippen molar-refractivity contribution in [1.29, 1.82) is 0 Å². The molecule has 4 rings (SSSR count). The van der Waals surface area contributed by atoms with E-state index in [1.165, 1.54) is 36.9 Å². The van der Waals surface area contributed by atoms with E-state index in [2.05, 4.69) is 34.5 Å². The molecule has 1 N–H and O–H groups in total. The SMILES string of the molecule is c1ccc2c(c1)CNC(CN1CC3CCC(C1)O3)C2. The van der Waals surface area contributed by atoms with Crippen LogP contribution in [0.4, 0.5) is 0 Å². The van der Waals surface area contributed by atoms with Gasteiger partial charge in [-0.05, 0) is 30.4 Å². The minimum Gasteiger partial charge on any atom is -0.372 e. The van der Waals surface area contributed by atoms with Crippen LogP contribution in [0.15, 0.2) is 24.3 Å². The summed E-state index contributed by atoms with van der Waals surface area (Å²) in [5.74, 6) is 0. The first kappa shape index (κ1) is 11.9. The molecular weight excluding hydrogens is 236 g/mol. The van der Waals surface area contributed by atoms with Gasteiger partial charge in [0.15, 0.2) is 0 Å². The summed E-state index contributed by atoms with van der Waals surface area (Å²) in [6.45, 7) is 4.47. The predicted molar refractivity (Wildman–Crippen MR) is 75.1 cm³/mol. The maximum atomic E-state index is 5.91. The molecule has 1 aromatic rings. The Bertz CT molecular complexity index is 450. The van der Waals surface area contributed by atoms with Crippen molar-refractivity contribution in [3.63, 3.8) is 0 Å². The van der Waals surface area contributed by atoms with Crippen molar-refractivity contribution in [2.45, 2.75) is 44.1 Å². The van der Waals surface area contributed by atoms with Crippen LogP contribution in [0.25, 0.3) is 0 Å². The molecule has 3 nitrogen and oxygen atoms in total. The van der Waals surface area contributed by atoms with Gasteiger partial charge >= 0.3 is 0 Å². The summed E-state index contributed by atoms with van der Waals surface area (Å²) in [6, 6.07) is 9.43. The van der Waals surface area contributed by atoms with E-state index in [1.807, 2.05) is 0 Å². The fourth-order valence-electron chi connectivity index (χ4n) is 3.81. The molecule has 3 aliphatic heterocycles. The van der Waals surface area contributed by atoms with Crippen LogP contribution < -0.4 is 5.32 Å². The van der Waals surface area contributed by atoms with Gasteiger partial charge in [0.1, 0.15) is 0 Å². The van der Waals surface area contributed by atoms with Gasteiger partial charge < -0.3 is 10.1 Å². The van der Waals surface area contributed by atoms with Gasteiger partial charge in [-0.15, -0.1) is 0 Å². The first-order chi connectivity index (χ1) is 9.37. The van der Waals surface area contributed by atoms with E-state index in [1.54, 1.807) is 0 Å². The molecule has 102 valence electrons. The zero-order valence-corrected chi connectivity index (χ0v) is 11.3. The normalized spacial score (nSPS) is 34.2. The standard InChI is InChI=1S/C16H22N2O/c1-2-4-13-8-17-14(7-12(13)3-1)9-18-10-15-5-6-16(11-18)19-15/h1-4,14-17H,5-11H2. The summed E-state index contributed by atoms with van der Waals surface area (Å²) in [5.41, 5.74) is 3.00. The minimum atomic E-state index is 0.509. The molecule has 19 heavy (non-hydrogen) atoms. The van der Waals surface area contributed by atoms with Crippen LogP contribution in [0.3, 0.4) is 0 Å². The van der Waals surface area contributed by atoms with Crippen molar-refractivity contribution in [1.82, 2.24) is 10.2 Å². The van der Waals surface area contributed by atoms with Crippen LogP contribution in [0.5, 0.6) is 0 Å². The van der Waals surface area contributed by atoms with Gasteiger partial charge in [-0.3, -0.25) is 4.90 Å². The highest BCUT2D eigenvalue weighted by Gasteiger charge is 2.34. The van der Waals surface area contributed by atoms with Crippen LogP contribution in [-0.4, -0.2) is 42.8 Å². The third-order valence-corrected chi connectivity index (χ3v) is 4.76. The van der Waals surface area contributed by atoms with E-state index in [4.69, 9.17) is 4.74 Å². The van der Waals surface area contributed by atoms with Crippen LogP contribution >= 0.6 is 0 Å². The number of ether oxygens (including phenoxy) is 1. The van der Waals surface area contributed by atoms with Gasteiger partial charge in [-0.25, -0.2) is 0 Å². The van der Waals surface area contributed by atoms with Gasteiger partial charge in [0.05, 0.1) is 12.2 Å². The molecule has 2 saturated heterocycles. The van der Waals surface area contributed by atoms with Crippen LogP contribution in [0.1, 0.15) is 24.0 Å².